The number of fused-ring (bicyclic) bond motifs is 1. The molecule has 8 heteroatoms. The van der Waals surface area contributed by atoms with Crippen molar-refractivity contribution in [1.82, 2.24) is 0 Å². The molecule has 3 aromatic carbocycles. The molecule has 0 bridgehead atoms. The first-order valence-corrected chi connectivity index (χ1v) is 11.6. The van der Waals surface area contributed by atoms with E-state index in [2.05, 4.69) is 31.9 Å². The summed E-state index contributed by atoms with van der Waals surface area (Å²) in [5.41, 5.74) is 2.32. The molecule has 0 saturated heterocycles. The number of cyclic esters (lactones) is 1. The standard InChI is InChI=1S/C25H20Br2O6/c1-10-7-17(26)21(28)12(3)19(10)25(20-11(2)8-18(27)22(29)13(20)4)16-9-14(23(30)31)5-6-15(16)24(32)33-25/h5-9,28-29H,1-4H3,(H,30,31). The van der Waals surface area contributed by atoms with Gasteiger partial charge in [-0.05, 0) is 101 Å². The first-order chi connectivity index (χ1) is 15.4. The molecule has 0 amide bonds. The van der Waals surface area contributed by atoms with Gasteiger partial charge in [-0.2, -0.15) is 0 Å². The summed E-state index contributed by atoms with van der Waals surface area (Å²) in [7, 11) is 0. The number of phenols is 2. The molecule has 0 radical (unpaired) electrons. The second-order valence-corrected chi connectivity index (χ2v) is 9.89. The van der Waals surface area contributed by atoms with Gasteiger partial charge in [0.25, 0.3) is 0 Å². The fourth-order valence-electron chi connectivity index (χ4n) is 4.82. The molecule has 0 aliphatic carbocycles. The number of ether oxygens (including phenoxy) is 1. The van der Waals surface area contributed by atoms with Gasteiger partial charge in [-0.3, -0.25) is 0 Å². The molecular weight excluding hydrogens is 556 g/mol. The maximum absolute atomic E-state index is 13.1. The Morgan fingerprint density at radius 1 is 0.879 bits per heavy atom. The highest BCUT2D eigenvalue weighted by molar-refractivity contribution is 9.10. The van der Waals surface area contributed by atoms with Gasteiger partial charge in [0.2, 0.25) is 0 Å². The van der Waals surface area contributed by atoms with Crippen LogP contribution in [0.4, 0.5) is 0 Å². The average molecular weight is 576 g/mol. The molecule has 3 N–H and O–H groups in total. The van der Waals surface area contributed by atoms with Gasteiger partial charge in [0.05, 0.1) is 20.1 Å². The number of aromatic carboxylic acids is 1. The SMILES string of the molecule is Cc1cc(Br)c(O)c(C)c1C1(c2c(C)cc(Br)c(O)c2C)OC(=O)c2ccc(C(=O)O)cc21. The summed E-state index contributed by atoms with van der Waals surface area (Å²) in [6.45, 7) is 7.07. The number of carboxylic acid groups (broad SMARTS) is 1. The Morgan fingerprint density at radius 2 is 1.36 bits per heavy atom. The van der Waals surface area contributed by atoms with Gasteiger partial charge < -0.3 is 20.1 Å². The van der Waals surface area contributed by atoms with E-state index in [0.29, 0.717) is 47.9 Å². The molecule has 1 aliphatic heterocycles. The molecular formula is C25H20Br2O6. The number of halogens is 2. The minimum atomic E-state index is -1.59. The molecule has 6 nitrogen and oxygen atoms in total. The van der Waals surface area contributed by atoms with E-state index >= 15 is 0 Å². The molecule has 0 spiro atoms. The van der Waals surface area contributed by atoms with Crippen LogP contribution in [0.15, 0.2) is 39.3 Å². The zero-order valence-electron chi connectivity index (χ0n) is 18.2. The highest BCUT2D eigenvalue weighted by Crippen LogP contribution is 2.54. The third kappa shape index (κ3) is 3.27. The lowest BCUT2D eigenvalue weighted by Gasteiger charge is -2.36. The number of phenolic OH excluding ortho intramolecular Hbond substituents is 2. The summed E-state index contributed by atoms with van der Waals surface area (Å²) in [4.78, 5) is 25.0. The summed E-state index contributed by atoms with van der Waals surface area (Å²) < 4.78 is 7.11. The number of hydrogen-bond donors (Lipinski definition) is 3. The molecule has 0 fully saturated rings. The first kappa shape index (κ1) is 23.3. The number of carboxylic acids is 1. The molecule has 170 valence electrons. The topological polar surface area (TPSA) is 104 Å². The van der Waals surface area contributed by atoms with Crippen molar-refractivity contribution in [3.8, 4) is 11.5 Å². The van der Waals surface area contributed by atoms with Crippen LogP contribution in [-0.2, 0) is 10.3 Å². The van der Waals surface area contributed by atoms with Crippen molar-refractivity contribution in [1.29, 1.82) is 0 Å². The Kier molecular flexibility index (Phi) is 5.57. The number of esters is 1. The van der Waals surface area contributed by atoms with Crippen LogP contribution in [0.2, 0.25) is 0 Å². The van der Waals surface area contributed by atoms with Crippen molar-refractivity contribution in [3.63, 3.8) is 0 Å². The summed E-state index contributed by atoms with van der Waals surface area (Å²) in [5.74, 6) is -1.81. The van der Waals surface area contributed by atoms with E-state index in [0.717, 1.165) is 0 Å². The number of carbonyl (C=O) groups excluding carboxylic acids is 1. The lowest BCUT2D eigenvalue weighted by atomic mass is 9.73. The van der Waals surface area contributed by atoms with Crippen molar-refractivity contribution in [2.24, 2.45) is 0 Å². The molecule has 0 saturated carbocycles. The number of benzene rings is 3. The molecule has 3 aromatic rings. The molecule has 4 rings (SSSR count). The van der Waals surface area contributed by atoms with Crippen LogP contribution >= 0.6 is 31.9 Å². The van der Waals surface area contributed by atoms with Crippen LogP contribution in [0, 0.1) is 27.7 Å². The number of carbonyl (C=O) groups is 2. The van der Waals surface area contributed by atoms with Crippen LogP contribution in [0.1, 0.15) is 59.7 Å². The normalized spacial score (nSPS) is 14.2. The van der Waals surface area contributed by atoms with Crippen LogP contribution in [-0.4, -0.2) is 27.3 Å². The van der Waals surface area contributed by atoms with Crippen LogP contribution in [0.5, 0.6) is 11.5 Å². The zero-order valence-corrected chi connectivity index (χ0v) is 21.4. The smallest absolute Gasteiger partial charge is 0.340 e. The largest absolute Gasteiger partial charge is 0.506 e. The molecule has 0 atom stereocenters. The lowest BCUT2D eigenvalue weighted by molar-refractivity contribution is 0.0243. The van der Waals surface area contributed by atoms with E-state index in [-0.39, 0.29) is 22.6 Å². The fraction of sp³-hybridized carbons (Fsp3) is 0.200. The Bertz CT molecular complexity index is 1310. The third-order valence-electron chi connectivity index (χ3n) is 6.20. The number of aryl methyl sites for hydroxylation is 2. The van der Waals surface area contributed by atoms with Crippen molar-refractivity contribution >= 4 is 43.8 Å². The Labute approximate surface area is 207 Å². The van der Waals surface area contributed by atoms with Gasteiger partial charge >= 0.3 is 11.9 Å². The predicted molar refractivity (Wildman–Crippen MR) is 129 cm³/mol. The molecule has 1 aliphatic rings. The zero-order chi connectivity index (χ0) is 24.4. The van der Waals surface area contributed by atoms with E-state index in [4.69, 9.17) is 4.74 Å². The van der Waals surface area contributed by atoms with E-state index in [1.165, 1.54) is 18.2 Å². The minimum Gasteiger partial charge on any atom is -0.506 e. The number of aromatic hydroxyl groups is 2. The number of hydrogen-bond acceptors (Lipinski definition) is 5. The first-order valence-electron chi connectivity index (χ1n) is 10.0. The van der Waals surface area contributed by atoms with Gasteiger partial charge in [-0.25, -0.2) is 9.59 Å². The highest BCUT2D eigenvalue weighted by atomic mass is 79.9. The van der Waals surface area contributed by atoms with E-state index in [1.54, 1.807) is 26.0 Å². The van der Waals surface area contributed by atoms with Crippen LogP contribution < -0.4 is 0 Å². The van der Waals surface area contributed by atoms with Crippen molar-refractivity contribution in [2.45, 2.75) is 33.3 Å². The Morgan fingerprint density at radius 3 is 1.82 bits per heavy atom. The predicted octanol–water partition coefficient (Wildman–Crippen LogP) is 6.02. The summed E-state index contributed by atoms with van der Waals surface area (Å²) in [6, 6.07) is 7.66. The van der Waals surface area contributed by atoms with Gasteiger partial charge in [0.15, 0.2) is 5.60 Å². The summed E-state index contributed by atoms with van der Waals surface area (Å²) >= 11 is 6.71. The van der Waals surface area contributed by atoms with Crippen molar-refractivity contribution in [2.75, 3.05) is 0 Å². The average Bonchev–Trinajstić information content (AvgIpc) is 3.02. The van der Waals surface area contributed by atoms with E-state index in [1.807, 2.05) is 13.8 Å². The maximum Gasteiger partial charge on any atom is 0.340 e. The summed E-state index contributed by atoms with van der Waals surface area (Å²) in [6.07, 6.45) is 0. The second-order valence-electron chi connectivity index (χ2n) is 8.18. The van der Waals surface area contributed by atoms with E-state index in [9.17, 15) is 24.9 Å². The van der Waals surface area contributed by atoms with Gasteiger partial charge in [0, 0.05) is 27.8 Å². The van der Waals surface area contributed by atoms with Gasteiger partial charge in [-0.15, -0.1) is 0 Å². The number of rotatable bonds is 3. The fourth-order valence-corrected chi connectivity index (χ4v) is 6.10. The monoisotopic (exact) mass is 574 g/mol. The molecule has 0 unspecified atom stereocenters. The quantitative estimate of drug-likeness (QED) is 0.330. The minimum absolute atomic E-state index is 0.00953. The Hall–Kier alpha value is -2.84. The molecule has 1 heterocycles. The van der Waals surface area contributed by atoms with Gasteiger partial charge in [-0.1, -0.05) is 0 Å². The highest BCUT2D eigenvalue weighted by Gasteiger charge is 2.52. The van der Waals surface area contributed by atoms with Gasteiger partial charge in [0.1, 0.15) is 11.5 Å². The maximum atomic E-state index is 13.1. The van der Waals surface area contributed by atoms with Crippen LogP contribution in [0.25, 0.3) is 0 Å². The summed E-state index contributed by atoms with van der Waals surface area (Å²) in [5, 5.41) is 31.2. The van der Waals surface area contributed by atoms with Crippen LogP contribution in [0.3, 0.4) is 0 Å². The third-order valence-corrected chi connectivity index (χ3v) is 7.41. The lowest BCUT2D eigenvalue weighted by Crippen LogP contribution is -2.33. The van der Waals surface area contributed by atoms with E-state index < -0.39 is 17.5 Å². The molecule has 33 heavy (non-hydrogen) atoms. The Balaban J connectivity index is 2.27. The van der Waals surface area contributed by atoms with Crippen molar-refractivity contribution in [3.05, 3.63) is 89.3 Å². The molecule has 0 aromatic heterocycles. The van der Waals surface area contributed by atoms with Crippen molar-refractivity contribution < 1.29 is 29.6 Å². The second kappa shape index (κ2) is 7.88.